The third kappa shape index (κ3) is 4.85. The predicted molar refractivity (Wildman–Crippen MR) is 122 cm³/mol. The standard InChI is InChI=1S/C24H27ClN2O3/c1-3-5-14-27(24(29)26-15-22(28)30-4-2)16-21-17-10-6-8-12-19(17)23(25)20-13-9-7-11-18(20)21/h6-13H,3-5,14-16H2,1-2H3,(H,26,29). The van der Waals surface area contributed by atoms with Gasteiger partial charge in [0, 0.05) is 23.9 Å². The SMILES string of the molecule is CCCCN(Cc1c2ccccc2c(Cl)c2ccccc12)C(=O)NCC(=O)OCC. The Hall–Kier alpha value is -2.79. The highest BCUT2D eigenvalue weighted by Gasteiger charge is 2.19. The summed E-state index contributed by atoms with van der Waals surface area (Å²) in [5.41, 5.74) is 1.05. The van der Waals surface area contributed by atoms with E-state index in [-0.39, 0.29) is 19.2 Å². The minimum atomic E-state index is -0.441. The van der Waals surface area contributed by atoms with E-state index in [0.717, 1.165) is 45.0 Å². The number of benzene rings is 3. The Kier molecular flexibility index (Phi) is 7.52. The van der Waals surface area contributed by atoms with Crippen molar-refractivity contribution in [2.75, 3.05) is 19.7 Å². The second kappa shape index (κ2) is 10.3. The summed E-state index contributed by atoms with van der Waals surface area (Å²) in [7, 11) is 0. The second-order valence-electron chi connectivity index (χ2n) is 7.12. The van der Waals surface area contributed by atoms with Crippen LogP contribution in [0.2, 0.25) is 5.02 Å². The lowest BCUT2D eigenvalue weighted by molar-refractivity contribution is -0.141. The molecule has 6 heteroatoms. The number of ether oxygens (including phenoxy) is 1. The molecule has 30 heavy (non-hydrogen) atoms. The van der Waals surface area contributed by atoms with Gasteiger partial charge in [0.15, 0.2) is 0 Å². The van der Waals surface area contributed by atoms with E-state index >= 15 is 0 Å². The highest BCUT2D eigenvalue weighted by molar-refractivity contribution is 6.41. The van der Waals surface area contributed by atoms with Crippen LogP contribution in [0.25, 0.3) is 21.5 Å². The molecule has 0 fully saturated rings. The van der Waals surface area contributed by atoms with Crippen LogP contribution < -0.4 is 5.32 Å². The lowest BCUT2D eigenvalue weighted by Crippen LogP contribution is -2.42. The summed E-state index contributed by atoms with van der Waals surface area (Å²) in [6.45, 7) is 4.99. The molecule has 2 amide bonds. The number of nitrogens with zero attached hydrogens (tertiary/aromatic N) is 1. The Morgan fingerprint density at radius 2 is 1.53 bits per heavy atom. The molecule has 0 radical (unpaired) electrons. The number of fused-ring (bicyclic) bond motifs is 2. The van der Waals surface area contributed by atoms with E-state index in [1.165, 1.54) is 0 Å². The summed E-state index contributed by atoms with van der Waals surface area (Å²) in [5, 5.41) is 7.40. The van der Waals surface area contributed by atoms with Gasteiger partial charge in [0.2, 0.25) is 0 Å². The normalized spacial score (nSPS) is 10.9. The maximum atomic E-state index is 12.9. The third-order valence-electron chi connectivity index (χ3n) is 5.08. The fourth-order valence-corrected chi connectivity index (χ4v) is 3.93. The summed E-state index contributed by atoms with van der Waals surface area (Å²) < 4.78 is 4.91. The smallest absolute Gasteiger partial charge is 0.325 e. The molecule has 0 bridgehead atoms. The molecule has 0 heterocycles. The molecule has 158 valence electrons. The number of esters is 1. The van der Waals surface area contributed by atoms with Gasteiger partial charge in [-0.05, 0) is 29.7 Å². The average molecular weight is 427 g/mol. The molecule has 3 aromatic rings. The van der Waals surface area contributed by atoms with Crippen LogP contribution in [-0.4, -0.2) is 36.6 Å². The zero-order chi connectivity index (χ0) is 21.5. The van der Waals surface area contributed by atoms with Crippen molar-refractivity contribution in [3.8, 4) is 0 Å². The Morgan fingerprint density at radius 3 is 2.07 bits per heavy atom. The van der Waals surface area contributed by atoms with Gasteiger partial charge >= 0.3 is 12.0 Å². The van der Waals surface area contributed by atoms with Crippen LogP contribution in [0.1, 0.15) is 32.3 Å². The number of carbonyl (C=O) groups is 2. The number of urea groups is 1. The molecule has 3 rings (SSSR count). The summed E-state index contributed by atoms with van der Waals surface area (Å²) in [6.07, 6.45) is 1.83. The second-order valence-corrected chi connectivity index (χ2v) is 7.50. The van der Waals surface area contributed by atoms with Gasteiger partial charge in [-0.3, -0.25) is 4.79 Å². The van der Waals surface area contributed by atoms with E-state index in [1.54, 1.807) is 11.8 Å². The lowest BCUT2D eigenvalue weighted by Gasteiger charge is -2.25. The number of hydrogen-bond acceptors (Lipinski definition) is 3. The van der Waals surface area contributed by atoms with Crippen molar-refractivity contribution in [1.82, 2.24) is 10.2 Å². The van der Waals surface area contributed by atoms with Crippen molar-refractivity contribution in [3.63, 3.8) is 0 Å². The predicted octanol–water partition coefficient (Wildman–Crippen LogP) is 5.52. The fourth-order valence-electron chi connectivity index (χ4n) is 3.60. The van der Waals surface area contributed by atoms with Crippen LogP contribution in [0, 0.1) is 0 Å². The molecule has 0 aliphatic rings. The van der Waals surface area contributed by atoms with E-state index < -0.39 is 5.97 Å². The van der Waals surface area contributed by atoms with Crippen LogP contribution in [0.5, 0.6) is 0 Å². The number of nitrogens with one attached hydrogen (secondary N) is 1. The molecule has 3 aromatic carbocycles. The van der Waals surface area contributed by atoms with Crippen LogP contribution in [-0.2, 0) is 16.1 Å². The Bertz CT molecular complexity index is 994. The Labute approximate surface area is 181 Å². The molecular formula is C24H27ClN2O3. The van der Waals surface area contributed by atoms with Crippen LogP contribution in [0.3, 0.4) is 0 Å². The van der Waals surface area contributed by atoms with Gasteiger partial charge in [-0.25, -0.2) is 4.79 Å². The van der Waals surface area contributed by atoms with Gasteiger partial charge in [-0.15, -0.1) is 0 Å². The zero-order valence-corrected chi connectivity index (χ0v) is 18.2. The van der Waals surface area contributed by atoms with Crippen molar-refractivity contribution in [2.24, 2.45) is 0 Å². The van der Waals surface area contributed by atoms with E-state index in [4.69, 9.17) is 16.3 Å². The average Bonchev–Trinajstić information content (AvgIpc) is 2.77. The van der Waals surface area contributed by atoms with Gasteiger partial charge in [0.1, 0.15) is 6.54 Å². The van der Waals surface area contributed by atoms with Crippen molar-refractivity contribution in [1.29, 1.82) is 0 Å². The first-order valence-corrected chi connectivity index (χ1v) is 10.7. The molecule has 1 N–H and O–H groups in total. The molecule has 0 aliphatic heterocycles. The Morgan fingerprint density at radius 1 is 0.967 bits per heavy atom. The van der Waals surface area contributed by atoms with Crippen molar-refractivity contribution < 1.29 is 14.3 Å². The molecular weight excluding hydrogens is 400 g/mol. The number of carbonyl (C=O) groups excluding carboxylic acids is 2. The molecule has 5 nitrogen and oxygen atoms in total. The minimum Gasteiger partial charge on any atom is -0.465 e. The van der Waals surface area contributed by atoms with Crippen LogP contribution in [0.15, 0.2) is 48.5 Å². The molecule has 0 saturated carbocycles. The number of rotatable bonds is 8. The number of hydrogen-bond donors (Lipinski definition) is 1. The molecule has 0 spiro atoms. The third-order valence-corrected chi connectivity index (χ3v) is 5.49. The van der Waals surface area contributed by atoms with Crippen molar-refractivity contribution in [2.45, 2.75) is 33.2 Å². The zero-order valence-electron chi connectivity index (χ0n) is 17.4. The fraction of sp³-hybridized carbons (Fsp3) is 0.333. The lowest BCUT2D eigenvalue weighted by atomic mass is 9.96. The van der Waals surface area contributed by atoms with Gasteiger partial charge in [0.25, 0.3) is 0 Å². The largest absolute Gasteiger partial charge is 0.465 e. The summed E-state index contributed by atoms with van der Waals surface area (Å²) in [6, 6.07) is 15.7. The first-order valence-electron chi connectivity index (χ1n) is 10.3. The first-order chi connectivity index (χ1) is 14.6. The highest BCUT2D eigenvalue weighted by atomic mass is 35.5. The summed E-state index contributed by atoms with van der Waals surface area (Å²) >= 11 is 6.70. The Balaban J connectivity index is 1.98. The summed E-state index contributed by atoms with van der Waals surface area (Å²) in [5.74, 6) is -0.441. The van der Waals surface area contributed by atoms with E-state index in [0.29, 0.717) is 13.1 Å². The number of amides is 2. The van der Waals surface area contributed by atoms with Gasteiger partial charge in [-0.2, -0.15) is 0 Å². The van der Waals surface area contributed by atoms with Crippen LogP contribution >= 0.6 is 11.6 Å². The molecule has 0 unspecified atom stereocenters. The maximum Gasteiger partial charge on any atom is 0.325 e. The number of unbranched alkanes of at least 4 members (excludes halogenated alkanes) is 1. The monoisotopic (exact) mass is 426 g/mol. The van der Waals surface area contributed by atoms with Crippen molar-refractivity contribution in [3.05, 3.63) is 59.1 Å². The molecule has 0 saturated heterocycles. The number of halogens is 1. The highest BCUT2D eigenvalue weighted by Crippen LogP contribution is 2.36. The summed E-state index contributed by atoms with van der Waals surface area (Å²) in [4.78, 5) is 26.3. The van der Waals surface area contributed by atoms with E-state index in [2.05, 4.69) is 12.2 Å². The molecule has 0 atom stereocenters. The quantitative estimate of drug-likeness (QED) is 0.381. The van der Waals surface area contributed by atoms with Crippen molar-refractivity contribution >= 4 is 45.1 Å². The van der Waals surface area contributed by atoms with Gasteiger partial charge in [0.05, 0.1) is 11.6 Å². The maximum absolute atomic E-state index is 12.9. The van der Waals surface area contributed by atoms with E-state index in [1.807, 2.05) is 48.5 Å². The van der Waals surface area contributed by atoms with E-state index in [9.17, 15) is 9.59 Å². The molecule has 0 aromatic heterocycles. The van der Waals surface area contributed by atoms with Gasteiger partial charge in [-0.1, -0.05) is 73.5 Å². The van der Waals surface area contributed by atoms with Crippen LogP contribution in [0.4, 0.5) is 4.79 Å². The molecule has 0 aliphatic carbocycles. The minimum absolute atomic E-state index is 0.141. The van der Waals surface area contributed by atoms with Gasteiger partial charge < -0.3 is 15.0 Å². The first kappa shape index (κ1) is 21.9. The topological polar surface area (TPSA) is 58.6 Å².